The van der Waals surface area contributed by atoms with Crippen LogP contribution in [0.25, 0.3) is 0 Å². The molecular weight excluding hydrogens is 288 g/mol. The Bertz CT molecular complexity index is 712. The second kappa shape index (κ2) is 6.73. The van der Waals surface area contributed by atoms with Gasteiger partial charge >= 0.3 is 0 Å². The van der Waals surface area contributed by atoms with Crippen LogP contribution in [0, 0.1) is 0 Å². The quantitative estimate of drug-likeness (QED) is 0.942. The number of carbonyl (C=O) groups is 1. The molecule has 3 rings (SSSR count). The fourth-order valence-electron chi connectivity index (χ4n) is 3.08. The summed E-state index contributed by atoms with van der Waals surface area (Å²) in [5.41, 5.74) is 4.03. The molecule has 2 aromatic carbocycles. The summed E-state index contributed by atoms with van der Waals surface area (Å²) in [4.78, 5) is 14.6. The molecule has 0 aliphatic carbocycles. The Morgan fingerprint density at radius 2 is 2.04 bits per heavy atom. The summed E-state index contributed by atoms with van der Waals surface area (Å²) >= 11 is 0. The normalized spacial score (nSPS) is 13.0. The number of para-hydroxylation sites is 1. The number of hydrogen-bond donors (Lipinski definition) is 1. The fourth-order valence-corrected chi connectivity index (χ4v) is 3.08. The fraction of sp³-hybridized carbons (Fsp3) is 0.316. The molecule has 1 N–H and O–H groups in total. The first-order chi connectivity index (χ1) is 11.2. The number of amides is 1. The number of anilines is 1. The van der Waals surface area contributed by atoms with Crippen LogP contribution in [-0.2, 0) is 13.0 Å². The zero-order valence-corrected chi connectivity index (χ0v) is 13.6. The summed E-state index contributed by atoms with van der Waals surface area (Å²) in [6.45, 7) is 1.50. The molecule has 0 unspecified atom stereocenters. The van der Waals surface area contributed by atoms with Crippen molar-refractivity contribution in [2.75, 3.05) is 26.0 Å². The monoisotopic (exact) mass is 310 g/mol. The largest absolute Gasteiger partial charge is 0.496 e. The number of ether oxygens (including phenoxy) is 1. The van der Waals surface area contributed by atoms with E-state index in [1.165, 1.54) is 0 Å². The van der Waals surface area contributed by atoms with Crippen molar-refractivity contribution in [1.82, 2.24) is 4.90 Å². The van der Waals surface area contributed by atoms with E-state index >= 15 is 0 Å². The first-order valence-corrected chi connectivity index (χ1v) is 7.94. The van der Waals surface area contributed by atoms with Gasteiger partial charge in [-0.05, 0) is 36.6 Å². The maximum absolute atomic E-state index is 12.9. The summed E-state index contributed by atoms with van der Waals surface area (Å²) in [5, 5.41) is 3.37. The Hall–Kier alpha value is -2.49. The zero-order chi connectivity index (χ0) is 16.2. The van der Waals surface area contributed by atoms with E-state index in [4.69, 9.17) is 4.74 Å². The average Bonchev–Trinajstić information content (AvgIpc) is 2.61. The van der Waals surface area contributed by atoms with Crippen LogP contribution in [0.3, 0.4) is 0 Å². The van der Waals surface area contributed by atoms with Crippen molar-refractivity contribution < 1.29 is 9.53 Å². The van der Waals surface area contributed by atoms with E-state index < -0.39 is 0 Å². The lowest BCUT2D eigenvalue weighted by molar-refractivity contribution is 0.0783. The molecule has 2 aromatic rings. The van der Waals surface area contributed by atoms with Gasteiger partial charge in [-0.25, -0.2) is 0 Å². The number of methoxy groups -OCH3 is 1. The second-order valence-electron chi connectivity index (χ2n) is 5.84. The van der Waals surface area contributed by atoms with Crippen molar-refractivity contribution in [3.8, 4) is 5.75 Å². The van der Waals surface area contributed by atoms with Crippen LogP contribution < -0.4 is 10.1 Å². The number of fused-ring (bicyclic) bond motifs is 1. The highest BCUT2D eigenvalue weighted by Gasteiger charge is 2.20. The summed E-state index contributed by atoms with van der Waals surface area (Å²) < 4.78 is 5.37. The van der Waals surface area contributed by atoms with Gasteiger partial charge in [0.15, 0.2) is 0 Å². The van der Waals surface area contributed by atoms with Gasteiger partial charge in [0, 0.05) is 37.0 Å². The molecule has 120 valence electrons. The third-order valence-corrected chi connectivity index (χ3v) is 4.27. The first-order valence-electron chi connectivity index (χ1n) is 7.94. The Balaban J connectivity index is 1.83. The van der Waals surface area contributed by atoms with Crippen molar-refractivity contribution in [3.05, 3.63) is 59.2 Å². The highest BCUT2D eigenvalue weighted by atomic mass is 16.5. The van der Waals surface area contributed by atoms with Gasteiger partial charge in [0.1, 0.15) is 5.75 Å². The molecule has 0 saturated heterocycles. The molecule has 0 radical (unpaired) electrons. The molecule has 0 saturated carbocycles. The lowest BCUT2D eigenvalue weighted by Gasteiger charge is -2.24. The molecule has 1 aliphatic heterocycles. The molecule has 0 fully saturated rings. The summed E-state index contributed by atoms with van der Waals surface area (Å²) in [7, 11) is 3.49. The molecule has 0 spiro atoms. The minimum atomic E-state index is 0.0523. The highest BCUT2D eigenvalue weighted by Crippen LogP contribution is 2.27. The lowest BCUT2D eigenvalue weighted by atomic mass is 9.97. The highest BCUT2D eigenvalue weighted by molar-refractivity contribution is 5.97. The van der Waals surface area contributed by atoms with Gasteiger partial charge in [-0.2, -0.15) is 0 Å². The molecule has 0 atom stereocenters. The maximum atomic E-state index is 12.9. The molecular formula is C19H22N2O2. The first kappa shape index (κ1) is 15.4. The molecule has 23 heavy (non-hydrogen) atoms. The van der Waals surface area contributed by atoms with Crippen molar-refractivity contribution >= 4 is 11.6 Å². The average molecular weight is 310 g/mol. The van der Waals surface area contributed by atoms with Crippen molar-refractivity contribution in [3.63, 3.8) is 0 Å². The van der Waals surface area contributed by atoms with Crippen LogP contribution >= 0.6 is 0 Å². The predicted octanol–water partition coefficient (Wildman–Crippen LogP) is 3.33. The molecule has 4 heteroatoms. The number of carbonyl (C=O) groups excluding carboxylic acids is 1. The van der Waals surface area contributed by atoms with Crippen LogP contribution in [0.15, 0.2) is 42.5 Å². The third-order valence-electron chi connectivity index (χ3n) is 4.27. The van der Waals surface area contributed by atoms with Gasteiger partial charge < -0.3 is 15.0 Å². The van der Waals surface area contributed by atoms with E-state index in [1.807, 2.05) is 49.5 Å². The van der Waals surface area contributed by atoms with Gasteiger partial charge in [0.05, 0.1) is 7.11 Å². The molecule has 4 nitrogen and oxygen atoms in total. The Morgan fingerprint density at radius 3 is 2.87 bits per heavy atom. The topological polar surface area (TPSA) is 41.6 Å². The number of nitrogens with zero attached hydrogens (tertiary/aromatic N) is 1. The van der Waals surface area contributed by atoms with Gasteiger partial charge in [-0.1, -0.05) is 24.3 Å². The predicted molar refractivity (Wildman–Crippen MR) is 92.0 cm³/mol. The Labute approximate surface area is 137 Å². The standard InChI is InChI=1S/C19H22N2O2/c1-21(13-14-7-3-4-11-18(14)23-2)19(22)16-8-5-10-17-15(16)9-6-12-20-17/h3-5,7-8,10-11,20H,6,9,12-13H2,1-2H3. The van der Waals surface area contributed by atoms with Crippen LogP contribution in [-0.4, -0.2) is 31.5 Å². The molecule has 0 aromatic heterocycles. The Morgan fingerprint density at radius 1 is 1.22 bits per heavy atom. The molecule has 1 heterocycles. The maximum Gasteiger partial charge on any atom is 0.254 e. The Kier molecular flexibility index (Phi) is 4.51. The van der Waals surface area contributed by atoms with Gasteiger partial charge in [0.25, 0.3) is 5.91 Å². The van der Waals surface area contributed by atoms with E-state index in [0.29, 0.717) is 6.54 Å². The molecule has 1 amide bonds. The molecule has 0 bridgehead atoms. The minimum Gasteiger partial charge on any atom is -0.496 e. The van der Waals surface area contributed by atoms with E-state index in [2.05, 4.69) is 5.32 Å². The summed E-state index contributed by atoms with van der Waals surface area (Å²) in [5.74, 6) is 0.861. The smallest absolute Gasteiger partial charge is 0.254 e. The zero-order valence-electron chi connectivity index (χ0n) is 13.6. The van der Waals surface area contributed by atoms with Crippen molar-refractivity contribution in [2.45, 2.75) is 19.4 Å². The van der Waals surface area contributed by atoms with Gasteiger partial charge in [0.2, 0.25) is 0 Å². The van der Waals surface area contributed by atoms with Crippen molar-refractivity contribution in [2.24, 2.45) is 0 Å². The van der Waals surface area contributed by atoms with Crippen LogP contribution in [0.1, 0.15) is 27.9 Å². The number of hydrogen-bond acceptors (Lipinski definition) is 3. The van der Waals surface area contributed by atoms with Crippen molar-refractivity contribution in [1.29, 1.82) is 0 Å². The summed E-state index contributed by atoms with van der Waals surface area (Å²) in [6.07, 6.45) is 2.01. The van der Waals surface area contributed by atoms with E-state index in [-0.39, 0.29) is 5.91 Å². The number of nitrogens with one attached hydrogen (secondary N) is 1. The van der Waals surface area contributed by atoms with E-state index in [9.17, 15) is 4.79 Å². The SMILES string of the molecule is COc1ccccc1CN(C)C(=O)c1cccc2c1CCCN2. The van der Waals surface area contributed by atoms with Crippen LogP contribution in [0.2, 0.25) is 0 Å². The third kappa shape index (κ3) is 3.16. The van der Waals surface area contributed by atoms with Gasteiger partial charge in [-0.3, -0.25) is 4.79 Å². The number of benzene rings is 2. The minimum absolute atomic E-state index is 0.0523. The second-order valence-corrected chi connectivity index (χ2v) is 5.84. The van der Waals surface area contributed by atoms with Crippen LogP contribution in [0.4, 0.5) is 5.69 Å². The van der Waals surface area contributed by atoms with E-state index in [1.54, 1.807) is 12.0 Å². The molecule has 1 aliphatic rings. The van der Waals surface area contributed by atoms with Crippen LogP contribution in [0.5, 0.6) is 5.75 Å². The number of rotatable bonds is 4. The lowest BCUT2D eigenvalue weighted by Crippen LogP contribution is -2.28. The van der Waals surface area contributed by atoms with E-state index in [0.717, 1.165) is 47.5 Å². The summed E-state index contributed by atoms with van der Waals surface area (Å²) in [6, 6.07) is 13.7. The van der Waals surface area contributed by atoms with Gasteiger partial charge in [-0.15, -0.1) is 0 Å².